The smallest absolute Gasteiger partial charge is 0.305 e. The molecule has 1 fully saturated rings. The molecule has 1 atom stereocenters. The third-order valence-corrected chi connectivity index (χ3v) is 4.68. The molecule has 1 aromatic rings. The van der Waals surface area contributed by atoms with Gasteiger partial charge in [-0.15, -0.1) is 0 Å². The number of carboxylic acid groups (broad SMARTS) is 1. The van der Waals surface area contributed by atoms with Crippen LogP contribution < -0.4 is 5.32 Å². The SMILES string of the molecule is CC(C)c1ccc([C@@H](CC(=O)O)NC(=O)C2CCCCC2)cc1. The van der Waals surface area contributed by atoms with Gasteiger partial charge in [0, 0.05) is 5.92 Å². The first-order chi connectivity index (χ1) is 11.0. The zero-order chi connectivity index (χ0) is 16.8. The Bertz CT molecular complexity index is 530. The van der Waals surface area contributed by atoms with Gasteiger partial charge in [-0.25, -0.2) is 0 Å². The fraction of sp³-hybridized carbons (Fsp3) is 0.579. The molecule has 23 heavy (non-hydrogen) atoms. The molecule has 126 valence electrons. The van der Waals surface area contributed by atoms with Crippen LogP contribution in [0.25, 0.3) is 0 Å². The first-order valence-corrected chi connectivity index (χ1v) is 8.59. The molecule has 4 heteroatoms. The summed E-state index contributed by atoms with van der Waals surface area (Å²) in [5, 5.41) is 12.1. The topological polar surface area (TPSA) is 66.4 Å². The molecule has 0 saturated heterocycles. The Morgan fingerprint density at radius 1 is 1.09 bits per heavy atom. The van der Waals surface area contributed by atoms with Crippen LogP contribution in [0.3, 0.4) is 0 Å². The van der Waals surface area contributed by atoms with Gasteiger partial charge in [0.2, 0.25) is 5.91 Å². The van der Waals surface area contributed by atoms with Crippen molar-refractivity contribution in [3.8, 4) is 0 Å². The number of carboxylic acids is 1. The van der Waals surface area contributed by atoms with Crippen molar-refractivity contribution in [2.45, 2.75) is 64.3 Å². The summed E-state index contributed by atoms with van der Waals surface area (Å²) in [7, 11) is 0. The average Bonchev–Trinajstić information content (AvgIpc) is 2.54. The predicted molar refractivity (Wildman–Crippen MR) is 90.2 cm³/mol. The van der Waals surface area contributed by atoms with Crippen molar-refractivity contribution in [3.63, 3.8) is 0 Å². The lowest BCUT2D eigenvalue weighted by Crippen LogP contribution is -2.35. The number of hydrogen-bond donors (Lipinski definition) is 2. The predicted octanol–water partition coefficient (Wildman–Crippen LogP) is 4.02. The van der Waals surface area contributed by atoms with E-state index in [1.807, 2.05) is 24.3 Å². The van der Waals surface area contributed by atoms with E-state index < -0.39 is 12.0 Å². The highest BCUT2D eigenvalue weighted by molar-refractivity contribution is 5.80. The lowest BCUT2D eigenvalue weighted by Gasteiger charge is -2.24. The summed E-state index contributed by atoms with van der Waals surface area (Å²) >= 11 is 0. The van der Waals surface area contributed by atoms with E-state index in [4.69, 9.17) is 5.11 Å². The third-order valence-electron chi connectivity index (χ3n) is 4.68. The van der Waals surface area contributed by atoms with E-state index in [0.717, 1.165) is 31.2 Å². The molecule has 1 saturated carbocycles. The molecule has 0 spiro atoms. The summed E-state index contributed by atoms with van der Waals surface area (Å²) in [6.45, 7) is 4.24. The molecule has 0 unspecified atom stereocenters. The van der Waals surface area contributed by atoms with E-state index in [9.17, 15) is 9.59 Å². The van der Waals surface area contributed by atoms with E-state index in [1.54, 1.807) is 0 Å². The Morgan fingerprint density at radius 3 is 2.17 bits per heavy atom. The number of amides is 1. The van der Waals surface area contributed by atoms with Gasteiger partial charge < -0.3 is 10.4 Å². The maximum absolute atomic E-state index is 12.4. The molecule has 2 N–H and O–H groups in total. The van der Waals surface area contributed by atoms with Gasteiger partial charge in [-0.05, 0) is 29.9 Å². The second-order valence-corrected chi connectivity index (χ2v) is 6.82. The van der Waals surface area contributed by atoms with Crippen molar-refractivity contribution >= 4 is 11.9 Å². The molecular formula is C19H27NO3. The quantitative estimate of drug-likeness (QED) is 0.832. The monoisotopic (exact) mass is 317 g/mol. The summed E-state index contributed by atoms with van der Waals surface area (Å²) < 4.78 is 0. The molecule has 1 aliphatic rings. The van der Waals surface area contributed by atoms with Gasteiger partial charge in [0.05, 0.1) is 12.5 Å². The van der Waals surface area contributed by atoms with E-state index in [-0.39, 0.29) is 18.2 Å². The Balaban J connectivity index is 2.09. The Hall–Kier alpha value is -1.84. The number of carbonyl (C=O) groups is 2. The van der Waals surface area contributed by atoms with Crippen molar-refractivity contribution < 1.29 is 14.7 Å². The summed E-state index contributed by atoms with van der Waals surface area (Å²) in [6, 6.07) is 7.44. The maximum Gasteiger partial charge on any atom is 0.305 e. The highest BCUT2D eigenvalue weighted by Gasteiger charge is 2.25. The van der Waals surface area contributed by atoms with Gasteiger partial charge in [0.1, 0.15) is 0 Å². The largest absolute Gasteiger partial charge is 0.481 e. The number of aliphatic carboxylic acids is 1. The Labute approximate surface area is 138 Å². The minimum atomic E-state index is -0.896. The van der Waals surface area contributed by atoms with E-state index in [0.29, 0.717) is 5.92 Å². The molecule has 0 aromatic heterocycles. The van der Waals surface area contributed by atoms with E-state index >= 15 is 0 Å². The minimum absolute atomic E-state index is 0.00360. The molecule has 2 rings (SSSR count). The lowest BCUT2D eigenvalue weighted by atomic mass is 9.88. The highest BCUT2D eigenvalue weighted by atomic mass is 16.4. The number of nitrogens with one attached hydrogen (secondary N) is 1. The van der Waals surface area contributed by atoms with Crippen molar-refractivity contribution in [3.05, 3.63) is 35.4 Å². The molecule has 0 bridgehead atoms. The van der Waals surface area contributed by atoms with Crippen molar-refractivity contribution in [1.82, 2.24) is 5.32 Å². The van der Waals surface area contributed by atoms with Gasteiger partial charge in [-0.3, -0.25) is 9.59 Å². The molecule has 0 heterocycles. The van der Waals surface area contributed by atoms with Crippen LogP contribution in [0.1, 0.15) is 75.5 Å². The zero-order valence-corrected chi connectivity index (χ0v) is 14.0. The Kier molecular flexibility index (Phi) is 6.20. The second-order valence-electron chi connectivity index (χ2n) is 6.82. The number of rotatable bonds is 6. The zero-order valence-electron chi connectivity index (χ0n) is 14.0. The van der Waals surface area contributed by atoms with Crippen molar-refractivity contribution in [1.29, 1.82) is 0 Å². The van der Waals surface area contributed by atoms with Crippen molar-refractivity contribution in [2.24, 2.45) is 5.92 Å². The standard InChI is InChI=1S/C19H27NO3/c1-13(2)14-8-10-15(11-9-14)17(12-18(21)22)20-19(23)16-6-4-3-5-7-16/h8-11,13,16-17H,3-7,12H2,1-2H3,(H,20,23)(H,21,22)/t17-/m1/s1. The van der Waals surface area contributed by atoms with Gasteiger partial charge >= 0.3 is 5.97 Å². The molecular weight excluding hydrogens is 290 g/mol. The lowest BCUT2D eigenvalue weighted by molar-refractivity contribution is -0.138. The normalized spacial score (nSPS) is 17.0. The van der Waals surface area contributed by atoms with Crippen LogP contribution in [0, 0.1) is 5.92 Å². The first kappa shape index (κ1) is 17.5. The van der Waals surface area contributed by atoms with Crippen LogP contribution >= 0.6 is 0 Å². The third kappa shape index (κ3) is 5.08. The van der Waals surface area contributed by atoms with E-state index in [2.05, 4.69) is 19.2 Å². The summed E-state index contributed by atoms with van der Waals surface area (Å²) in [4.78, 5) is 23.6. The number of carbonyl (C=O) groups excluding carboxylic acids is 1. The fourth-order valence-electron chi connectivity index (χ4n) is 3.19. The van der Waals surface area contributed by atoms with Gasteiger partial charge in [0.15, 0.2) is 0 Å². The molecule has 1 amide bonds. The van der Waals surface area contributed by atoms with Crippen molar-refractivity contribution in [2.75, 3.05) is 0 Å². The Morgan fingerprint density at radius 2 is 1.65 bits per heavy atom. The van der Waals surface area contributed by atoms with Crippen LogP contribution in [-0.2, 0) is 9.59 Å². The van der Waals surface area contributed by atoms with Crippen LogP contribution in [0.15, 0.2) is 24.3 Å². The highest BCUT2D eigenvalue weighted by Crippen LogP contribution is 2.26. The molecule has 0 radical (unpaired) electrons. The molecule has 0 aliphatic heterocycles. The summed E-state index contributed by atoms with van der Waals surface area (Å²) in [6.07, 6.45) is 5.11. The summed E-state index contributed by atoms with van der Waals surface area (Å²) in [5.74, 6) is -0.426. The summed E-state index contributed by atoms with van der Waals surface area (Å²) in [5.41, 5.74) is 2.07. The van der Waals surface area contributed by atoms with Crippen LogP contribution in [-0.4, -0.2) is 17.0 Å². The molecule has 1 aromatic carbocycles. The van der Waals surface area contributed by atoms with Gasteiger partial charge in [-0.2, -0.15) is 0 Å². The van der Waals surface area contributed by atoms with Crippen LogP contribution in [0.4, 0.5) is 0 Å². The van der Waals surface area contributed by atoms with Crippen LogP contribution in [0.5, 0.6) is 0 Å². The average molecular weight is 317 g/mol. The first-order valence-electron chi connectivity index (χ1n) is 8.59. The molecule has 4 nitrogen and oxygen atoms in total. The fourth-order valence-corrected chi connectivity index (χ4v) is 3.19. The minimum Gasteiger partial charge on any atom is -0.481 e. The van der Waals surface area contributed by atoms with Crippen LogP contribution in [0.2, 0.25) is 0 Å². The molecule has 1 aliphatic carbocycles. The second kappa shape index (κ2) is 8.14. The maximum atomic E-state index is 12.4. The van der Waals surface area contributed by atoms with Gasteiger partial charge in [0.25, 0.3) is 0 Å². The van der Waals surface area contributed by atoms with Gasteiger partial charge in [-0.1, -0.05) is 57.4 Å². The van der Waals surface area contributed by atoms with E-state index in [1.165, 1.54) is 12.0 Å². The number of benzene rings is 1. The number of hydrogen-bond acceptors (Lipinski definition) is 2.